The number of rotatable bonds is 7. The number of aliphatic imine (C=N–C) groups is 1. The summed E-state index contributed by atoms with van der Waals surface area (Å²) in [6.45, 7) is 3.73. The van der Waals surface area contributed by atoms with E-state index >= 15 is 0 Å². The summed E-state index contributed by atoms with van der Waals surface area (Å²) in [4.78, 5) is 28.8. The summed E-state index contributed by atoms with van der Waals surface area (Å²) in [6.07, 6.45) is 5.66. The van der Waals surface area contributed by atoms with Gasteiger partial charge in [0.1, 0.15) is 22.9 Å². The molecule has 0 unspecified atom stereocenters. The van der Waals surface area contributed by atoms with Gasteiger partial charge in [-0.05, 0) is 19.7 Å². The van der Waals surface area contributed by atoms with Crippen molar-refractivity contribution in [3.63, 3.8) is 0 Å². The average molecular weight is 514 g/mol. The van der Waals surface area contributed by atoms with Crippen molar-refractivity contribution >= 4 is 46.0 Å². The van der Waals surface area contributed by atoms with Crippen LogP contribution >= 0.6 is 23.2 Å². The third-order valence-electron chi connectivity index (χ3n) is 5.75. The first kappa shape index (κ1) is 24.9. The molecule has 0 saturated heterocycles. The molecule has 0 saturated carbocycles. The molecule has 1 aliphatic rings. The van der Waals surface area contributed by atoms with E-state index in [0.717, 1.165) is 18.8 Å². The maximum Gasteiger partial charge on any atom is 0.258 e. The second-order valence-corrected chi connectivity index (χ2v) is 8.70. The third-order valence-corrected chi connectivity index (χ3v) is 6.50. The highest BCUT2D eigenvalue weighted by Crippen LogP contribution is 2.47. The normalized spacial score (nSPS) is 13.1. The van der Waals surface area contributed by atoms with Gasteiger partial charge in [-0.1, -0.05) is 42.3 Å². The summed E-state index contributed by atoms with van der Waals surface area (Å²) in [6, 6.07) is 5.04. The lowest BCUT2D eigenvalue weighted by molar-refractivity contribution is 0.0978. The number of methoxy groups -OCH3 is 2. The molecule has 35 heavy (non-hydrogen) atoms. The van der Waals surface area contributed by atoms with Gasteiger partial charge in [0.2, 0.25) is 0 Å². The number of carbonyl (C=O) groups is 1. The summed E-state index contributed by atoms with van der Waals surface area (Å²) in [5.74, 6) is 1.08. The fraction of sp³-hybridized carbons (Fsp3) is 0.280. The van der Waals surface area contributed by atoms with E-state index in [9.17, 15) is 4.79 Å². The number of amides is 1. The molecule has 1 aliphatic heterocycles. The van der Waals surface area contributed by atoms with Gasteiger partial charge in [0.25, 0.3) is 5.91 Å². The number of halogens is 2. The van der Waals surface area contributed by atoms with E-state index in [4.69, 9.17) is 32.7 Å². The summed E-state index contributed by atoms with van der Waals surface area (Å²) in [5.41, 5.74) is 3.25. The van der Waals surface area contributed by atoms with Gasteiger partial charge < -0.3 is 19.7 Å². The number of nitrogens with zero attached hydrogens (tertiary/aromatic N) is 4. The number of benzene rings is 2. The molecule has 1 amide bonds. The topological polar surface area (TPSA) is 88.9 Å². The molecule has 0 bridgehead atoms. The zero-order chi connectivity index (χ0) is 25.1. The second-order valence-electron chi connectivity index (χ2n) is 7.94. The first-order valence-corrected chi connectivity index (χ1v) is 11.7. The highest BCUT2D eigenvalue weighted by Gasteiger charge is 2.24. The molecule has 0 aliphatic carbocycles. The Labute approximate surface area is 213 Å². The number of nitrogens with one attached hydrogen (secondary N) is 1. The highest BCUT2D eigenvalue weighted by atomic mass is 35.5. The number of fused-ring (bicyclic) bond motifs is 1. The van der Waals surface area contributed by atoms with Crippen LogP contribution in [0.5, 0.6) is 11.5 Å². The van der Waals surface area contributed by atoms with Crippen LogP contribution < -0.4 is 14.8 Å². The van der Waals surface area contributed by atoms with Crippen LogP contribution in [-0.2, 0) is 0 Å². The lowest BCUT2D eigenvalue weighted by atomic mass is 9.99. The van der Waals surface area contributed by atoms with Crippen LogP contribution in [0.2, 0.25) is 10.0 Å². The van der Waals surface area contributed by atoms with Gasteiger partial charge in [0.15, 0.2) is 0 Å². The zero-order valence-corrected chi connectivity index (χ0v) is 21.4. The van der Waals surface area contributed by atoms with Crippen molar-refractivity contribution in [1.82, 2.24) is 20.2 Å². The third kappa shape index (κ3) is 4.96. The molecule has 4 rings (SSSR count). The lowest BCUT2D eigenvalue weighted by Crippen LogP contribution is -2.29. The Kier molecular flexibility index (Phi) is 7.54. The van der Waals surface area contributed by atoms with Crippen molar-refractivity contribution in [3.8, 4) is 22.6 Å². The summed E-state index contributed by atoms with van der Waals surface area (Å²) in [5, 5.41) is 3.52. The molecule has 10 heteroatoms. The van der Waals surface area contributed by atoms with Crippen molar-refractivity contribution in [1.29, 1.82) is 0 Å². The smallest absolute Gasteiger partial charge is 0.258 e. The summed E-state index contributed by atoms with van der Waals surface area (Å²) >= 11 is 13.3. The van der Waals surface area contributed by atoms with Crippen molar-refractivity contribution in [2.24, 2.45) is 4.99 Å². The predicted molar refractivity (Wildman–Crippen MR) is 139 cm³/mol. The van der Waals surface area contributed by atoms with Crippen LogP contribution in [0.15, 0.2) is 47.4 Å². The number of hydrogen-bond acceptors (Lipinski definition) is 7. The van der Waals surface area contributed by atoms with Gasteiger partial charge >= 0.3 is 0 Å². The van der Waals surface area contributed by atoms with Gasteiger partial charge in [0, 0.05) is 42.6 Å². The minimum atomic E-state index is -0.320. The fourth-order valence-electron chi connectivity index (χ4n) is 3.81. The Morgan fingerprint density at radius 1 is 1.09 bits per heavy atom. The molecule has 1 N–H and O–H groups in total. The standard InChI is InChI=1S/C25H25Cl2N5O3/c1-5-32(2)13-14-6-9-19(30-14)31-25(33)16-8-7-15(23-24(16)29-11-10-28-23)20-21(26)17(34-3)12-18(35-4)22(20)27/h6-8,10-12H,5,9,13H2,1-4H3,(H,30,31,33). The van der Waals surface area contributed by atoms with E-state index in [1.807, 2.05) is 13.1 Å². The van der Waals surface area contributed by atoms with Crippen molar-refractivity contribution < 1.29 is 14.3 Å². The SMILES string of the molecule is CCN(C)CC1=CCC(NC(=O)c2ccc(-c3c(Cl)c(OC)cc(OC)c3Cl)c3nccnc23)=N1. The van der Waals surface area contributed by atoms with Gasteiger partial charge in [-0.25, -0.2) is 4.99 Å². The van der Waals surface area contributed by atoms with Gasteiger partial charge in [-0.15, -0.1) is 0 Å². The number of aromatic nitrogens is 2. The van der Waals surface area contributed by atoms with E-state index in [1.165, 1.54) is 20.4 Å². The number of amidine groups is 1. The number of carbonyl (C=O) groups excluding carboxylic acids is 1. The molecule has 0 fully saturated rings. The number of ether oxygens (including phenoxy) is 2. The summed E-state index contributed by atoms with van der Waals surface area (Å²) in [7, 11) is 5.04. The lowest BCUT2D eigenvalue weighted by Gasteiger charge is -2.16. The van der Waals surface area contributed by atoms with Crippen molar-refractivity contribution in [2.45, 2.75) is 13.3 Å². The van der Waals surface area contributed by atoms with E-state index in [1.54, 1.807) is 24.4 Å². The van der Waals surface area contributed by atoms with E-state index in [-0.39, 0.29) is 5.91 Å². The second kappa shape index (κ2) is 10.6. The van der Waals surface area contributed by atoms with Crippen LogP contribution in [0, 0.1) is 0 Å². The molecule has 2 heterocycles. The molecule has 0 radical (unpaired) electrons. The molecule has 2 aromatic carbocycles. The van der Waals surface area contributed by atoms with Crippen LogP contribution in [0.25, 0.3) is 22.2 Å². The first-order chi connectivity index (χ1) is 16.9. The summed E-state index contributed by atoms with van der Waals surface area (Å²) < 4.78 is 10.8. The fourth-order valence-corrected chi connectivity index (χ4v) is 4.51. The van der Waals surface area contributed by atoms with Gasteiger partial charge in [-0.3, -0.25) is 14.8 Å². The first-order valence-electron chi connectivity index (χ1n) is 11.0. The van der Waals surface area contributed by atoms with Crippen LogP contribution in [0.4, 0.5) is 0 Å². The molecule has 8 nitrogen and oxygen atoms in total. The van der Waals surface area contributed by atoms with Gasteiger partial charge in [0.05, 0.1) is 41.0 Å². The van der Waals surface area contributed by atoms with Gasteiger partial charge in [-0.2, -0.15) is 0 Å². The average Bonchev–Trinajstić information content (AvgIpc) is 3.30. The molecule has 182 valence electrons. The Morgan fingerprint density at radius 3 is 2.37 bits per heavy atom. The number of hydrogen-bond donors (Lipinski definition) is 1. The maximum atomic E-state index is 13.2. The molecule has 1 aromatic heterocycles. The van der Waals surface area contributed by atoms with E-state index in [0.29, 0.717) is 61.5 Å². The largest absolute Gasteiger partial charge is 0.495 e. The minimum Gasteiger partial charge on any atom is -0.495 e. The predicted octanol–water partition coefficient (Wildman–Crippen LogP) is 4.99. The van der Waals surface area contributed by atoms with E-state index < -0.39 is 0 Å². The Morgan fingerprint density at radius 2 is 1.74 bits per heavy atom. The van der Waals surface area contributed by atoms with Crippen LogP contribution in [0.1, 0.15) is 23.7 Å². The van der Waals surface area contributed by atoms with Crippen molar-refractivity contribution in [2.75, 3.05) is 34.4 Å². The molecule has 3 aromatic rings. The van der Waals surface area contributed by atoms with E-state index in [2.05, 4.69) is 32.1 Å². The number of likely N-dealkylation sites (N-methyl/N-ethyl adjacent to an activating group) is 1. The monoisotopic (exact) mass is 513 g/mol. The minimum absolute atomic E-state index is 0.304. The van der Waals surface area contributed by atoms with Crippen molar-refractivity contribution in [3.05, 3.63) is 58.0 Å². The molecular weight excluding hydrogens is 489 g/mol. The zero-order valence-electron chi connectivity index (χ0n) is 19.9. The quantitative estimate of drug-likeness (QED) is 0.478. The highest BCUT2D eigenvalue weighted by molar-refractivity contribution is 6.41. The van der Waals surface area contributed by atoms with Crippen LogP contribution in [0.3, 0.4) is 0 Å². The maximum absolute atomic E-state index is 13.2. The van der Waals surface area contributed by atoms with Crippen LogP contribution in [-0.4, -0.2) is 61.0 Å². The molecule has 0 atom stereocenters. The Bertz CT molecular complexity index is 1330. The Hall–Kier alpha value is -3.20. The Balaban J connectivity index is 1.73. The molecule has 0 spiro atoms. The molecular formula is C25H25Cl2N5O3.